The predicted octanol–water partition coefficient (Wildman–Crippen LogP) is 2.98. The molecule has 8 heteroatoms. The van der Waals surface area contributed by atoms with Crippen molar-refractivity contribution in [3.8, 4) is 17.6 Å². The lowest BCUT2D eigenvalue weighted by Crippen LogP contribution is -2.37. The van der Waals surface area contributed by atoms with Crippen molar-refractivity contribution in [3.05, 3.63) is 29.6 Å². The van der Waals surface area contributed by atoms with Crippen LogP contribution in [-0.2, 0) is 14.9 Å². The average molecular weight is 384 g/mol. The molecule has 0 heterocycles. The first kappa shape index (κ1) is 20.2. The fourth-order valence-electron chi connectivity index (χ4n) is 2.85. The van der Waals surface area contributed by atoms with E-state index in [1.54, 1.807) is 6.92 Å². The zero-order valence-corrected chi connectivity index (χ0v) is 15.3. The smallest absolute Gasteiger partial charge is 0.338 e. The van der Waals surface area contributed by atoms with E-state index in [-0.39, 0.29) is 11.3 Å². The van der Waals surface area contributed by atoms with Crippen molar-refractivity contribution >= 4 is 16.1 Å². The van der Waals surface area contributed by atoms with Crippen LogP contribution in [0, 0.1) is 17.7 Å². The summed E-state index contributed by atoms with van der Waals surface area (Å²) in [5.41, 5.74) is -0.756. The summed E-state index contributed by atoms with van der Waals surface area (Å²) in [6.07, 6.45) is 4.27. The average Bonchev–Trinajstić information content (AvgIpc) is 2.56. The Bertz CT molecular complexity index is 816. The first-order valence-electron chi connectivity index (χ1n) is 8.29. The van der Waals surface area contributed by atoms with E-state index in [0.29, 0.717) is 12.8 Å². The molecule has 0 saturated heterocycles. The summed E-state index contributed by atoms with van der Waals surface area (Å²) < 4.78 is 54.8. The Morgan fingerprint density at radius 3 is 2.62 bits per heavy atom. The van der Waals surface area contributed by atoms with Crippen molar-refractivity contribution in [2.24, 2.45) is 0 Å². The van der Waals surface area contributed by atoms with Crippen molar-refractivity contribution in [2.75, 3.05) is 12.4 Å². The minimum Gasteiger partial charge on any atom is -0.471 e. The maximum absolute atomic E-state index is 14.2. The van der Waals surface area contributed by atoms with E-state index in [1.165, 1.54) is 12.1 Å². The van der Waals surface area contributed by atoms with Crippen molar-refractivity contribution in [1.29, 1.82) is 0 Å². The molecule has 0 radical (unpaired) electrons. The lowest BCUT2D eigenvalue weighted by Gasteiger charge is -2.33. The number of hydrogen-bond donors (Lipinski definition) is 1. The van der Waals surface area contributed by atoms with Gasteiger partial charge in [-0.25, -0.2) is 9.18 Å². The molecule has 1 saturated carbocycles. The fraction of sp³-hybridized carbons (Fsp3) is 0.500. The first-order chi connectivity index (χ1) is 12.2. The molecule has 0 spiro atoms. The van der Waals surface area contributed by atoms with Gasteiger partial charge in [-0.1, -0.05) is 12.3 Å². The van der Waals surface area contributed by atoms with E-state index in [0.717, 1.165) is 25.3 Å². The van der Waals surface area contributed by atoms with E-state index in [2.05, 4.69) is 11.8 Å². The van der Waals surface area contributed by atoms with E-state index in [4.69, 9.17) is 14.0 Å². The Labute approximate surface area is 152 Å². The quantitative estimate of drug-likeness (QED) is 0.461. The number of rotatable bonds is 6. The molecule has 1 aliphatic rings. The second kappa shape index (κ2) is 8.52. The Balaban J connectivity index is 2.15. The van der Waals surface area contributed by atoms with Crippen LogP contribution in [0.15, 0.2) is 18.2 Å². The highest BCUT2D eigenvalue weighted by molar-refractivity contribution is 7.85. The van der Waals surface area contributed by atoms with E-state index in [9.17, 15) is 17.6 Å². The van der Waals surface area contributed by atoms with Gasteiger partial charge in [-0.3, -0.25) is 4.55 Å². The Hall–Kier alpha value is -2.11. The minimum absolute atomic E-state index is 0.0205. The number of esters is 1. The summed E-state index contributed by atoms with van der Waals surface area (Å²) in [6.45, 7) is 1.19. The number of carbonyl (C=O) groups is 1. The van der Waals surface area contributed by atoms with Crippen molar-refractivity contribution in [2.45, 2.75) is 44.6 Å². The zero-order chi connectivity index (χ0) is 19.2. The predicted molar refractivity (Wildman–Crippen MR) is 93.0 cm³/mol. The van der Waals surface area contributed by atoms with E-state index >= 15 is 0 Å². The van der Waals surface area contributed by atoms with Gasteiger partial charge in [-0.05, 0) is 50.8 Å². The number of carbonyl (C=O) groups excluding carboxylic acids is 1. The van der Waals surface area contributed by atoms with Crippen LogP contribution in [0.3, 0.4) is 0 Å². The largest absolute Gasteiger partial charge is 0.471 e. The maximum Gasteiger partial charge on any atom is 0.338 e. The van der Waals surface area contributed by atoms with Crippen molar-refractivity contribution in [3.63, 3.8) is 0 Å². The highest BCUT2D eigenvalue weighted by Crippen LogP contribution is 2.34. The van der Waals surface area contributed by atoms with Gasteiger partial charge in [0.2, 0.25) is 0 Å². The van der Waals surface area contributed by atoms with Crippen LogP contribution in [0.5, 0.6) is 5.75 Å². The third kappa shape index (κ3) is 5.71. The Morgan fingerprint density at radius 1 is 1.31 bits per heavy atom. The molecule has 1 N–H and O–H groups in total. The molecule has 142 valence electrons. The molecule has 26 heavy (non-hydrogen) atoms. The van der Waals surface area contributed by atoms with Gasteiger partial charge >= 0.3 is 5.97 Å². The maximum atomic E-state index is 14.2. The first-order valence-corrected chi connectivity index (χ1v) is 9.90. The molecule has 2 rings (SSSR count). The monoisotopic (exact) mass is 384 g/mol. The van der Waals surface area contributed by atoms with Gasteiger partial charge < -0.3 is 9.47 Å². The van der Waals surface area contributed by atoms with Crippen LogP contribution < -0.4 is 4.74 Å². The van der Waals surface area contributed by atoms with Crippen LogP contribution >= 0.6 is 0 Å². The summed E-state index contributed by atoms with van der Waals surface area (Å²) in [4.78, 5) is 12.0. The van der Waals surface area contributed by atoms with Gasteiger partial charge in [0.15, 0.2) is 17.2 Å². The van der Waals surface area contributed by atoms with Crippen molar-refractivity contribution < 1.29 is 31.6 Å². The lowest BCUT2D eigenvalue weighted by atomic mass is 9.85. The molecule has 6 nitrogen and oxygen atoms in total. The molecule has 1 aliphatic carbocycles. The van der Waals surface area contributed by atoms with Gasteiger partial charge in [-0.15, -0.1) is 5.92 Å². The molecule has 0 aliphatic heterocycles. The normalized spacial score (nSPS) is 16.3. The minimum atomic E-state index is -4.23. The summed E-state index contributed by atoms with van der Waals surface area (Å²) in [6, 6.07) is 3.53. The fourth-order valence-corrected chi connectivity index (χ4v) is 3.14. The molecule has 0 amide bonds. The van der Waals surface area contributed by atoms with Crippen LogP contribution in [0.4, 0.5) is 4.39 Å². The number of ether oxygens (including phenoxy) is 2. The molecule has 0 atom stereocenters. The second-order valence-electron chi connectivity index (χ2n) is 6.10. The number of benzene rings is 1. The molecule has 0 aromatic heterocycles. The number of hydrogen-bond acceptors (Lipinski definition) is 5. The topological polar surface area (TPSA) is 89.9 Å². The zero-order valence-electron chi connectivity index (χ0n) is 14.5. The molecular weight excluding hydrogens is 363 g/mol. The van der Waals surface area contributed by atoms with Gasteiger partial charge in [0.05, 0.1) is 5.56 Å². The summed E-state index contributed by atoms with van der Waals surface area (Å²) in [5.74, 6) is 3.59. The van der Waals surface area contributed by atoms with E-state index < -0.39 is 39.9 Å². The SMILES string of the molecule is CC#CC1(Oc2cc(C(=O)OCCS(=O)(=O)O)ccc2F)CCCCC1. The summed E-state index contributed by atoms with van der Waals surface area (Å²) in [7, 11) is -4.23. The number of halogens is 1. The van der Waals surface area contributed by atoms with Gasteiger partial charge in [0, 0.05) is 0 Å². The highest BCUT2D eigenvalue weighted by Gasteiger charge is 2.33. The van der Waals surface area contributed by atoms with Crippen LogP contribution in [0.2, 0.25) is 0 Å². The summed E-state index contributed by atoms with van der Waals surface area (Å²) >= 11 is 0. The molecular formula is C18H21FO6S. The summed E-state index contributed by atoms with van der Waals surface area (Å²) in [5, 5.41) is 0. The second-order valence-corrected chi connectivity index (χ2v) is 7.67. The van der Waals surface area contributed by atoms with Crippen molar-refractivity contribution in [1.82, 2.24) is 0 Å². The molecule has 1 aromatic carbocycles. The van der Waals surface area contributed by atoms with Gasteiger partial charge in [-0.2, -0.15) is 8.42 Å². The molecule has 0 bridgehead atoms. The Kier molecular flexibility index (Phi) is 6.62. The molecule has 1 aromatic rings. The van der Waals surface area contributed by atoms with Crippen LogP contribution in [0.25, 0.3) is 0 Å². The van der Waals surface area contributed by atoms with E-state index in [1.807, 2.05) is 0 Å². The van der Waals surface area contributed by atoms with Crippen LogP contribution in [0.1, 0.15) is 49.4 Å². The molecule has 0 unspecified atom stereocenters. The highest BCUT2D eigenvalue weighted by atomic mass is 32.2. The third-order valence-corrected chi connectivity index (χ3v) is 4.74. The van der Waals surface area contributed by atoms with Gasteiger partial charge in [0.25, 0.3) is 10.1 Å². The van der Waals surface area contributed by atoms with Gasteiger partial charge in [0.1, 0.15) is 12.4 Å². The molecule has 1 fully saturated rings. The Morgan fingerprint density at radius 2 is 2.00 bits per heavy atom. The van der Waals surface area contributed by atoms with Crippen LogP contribution in [-0.4, -0.2) is 36.9 Å². The standard InChI is InChI=1S/C18H21FO6S/c1-2-8-18(9-4-3-5-10-18)25-16-13-14(6-7-15(16)19)17(20)24-11-12-26(21,22)23/h6-7,13H,3-5,9-12H2,1H3,(H,21,22,23). The third-order valence-electron chi connectivity index (χ3n) is 4.06. The lowest BCUT2D eigenvalue weighted by molar-refractivity contribution is 0.0524.